The monoisotopic (exact) mass is 239 g/mol. The normalized spacial score (nSPS) is 25.8. The van der Waals surface area contributed by atoms with Crippen molar-refractivity contribution in [3.05, 3.63) is 0 Å². The lowest BCUT2D eigenvalue weighted by molar-refractivity contribution is 0.0530. The van der Waals surface area contributed by atoms with Crippen molar-refractivity contribution >= 4 is 0 Å². The van der Waals surface area contributed by atoms with Gasteiger partial charge in [-0.2, -0.15) is 0 Å². The van der Waals surface area contributed by atoms with Crippen LogP contribution < -0.4 is 5.32 Å². The number of nitrogens with zero attached hydrogens (tertiary/aromatic N) is 2. The van der Waals surface area contributed by atoms with Gasteiger partial charge < -0.3 is 5.32 Å². The van der Waals surface area contributed by atoms with Crippen LogP contribution in [0.25, 0.3) is 0 Å². The van der Waals surface area contributed by atoms with Gasteiger partial charge in [-0.25, -0.2) is 0 Å². The van der Waals surface area contributed by atoms with Gasteiger partial charge in [0.2, 0.25) is 0 Å². The first-order chi connectivity index (χ1) is 8.31. The topological polar surface area (TPSA) is 18.5 Å². The molecule has 0 amide bonds. The summed E-state index contributed by atoms with van der Waals surface area (Å²) in [5.74, 6) is 0. The van der Waals surface area contributed by atoms with Crippen molar-refractivity contribution in [1.29, 1.82) is 0 Å². The molecule has 0 radical (unpaired) electrons. The van der Waals surface area contributed by atoms with E-state index in [2.05, 4.69) is 29.0 Å². The standard InChI is InChI=1S/C14H29N3/c1-3-4-5-6-13(2)16-7-9-17(10-8-16)14-11-15-12-14/h13-15H,3-12H2,1-2H3. The second kappa shape index (κ2) is 6.72. The third-order valence-corrected chi connectivity index (χ3v) is 4.47. The first-order valence-electron chi connectivity index (χ1n) is 7.50. The lowest BCUT2D eigenvalue weighted by Gasteiger charge is -2.44. The van der Waals surface area contributed by atoms with Gasteiger partial charge in [0.05, 0.1) is 0 Å². The Morgan fingerprint density at radius 1 is 1.12 bits per heavy atom. The fraction of sp³-hybridized carbons (Fsp3) is 1.00. The summed E-state index contributed by atoms with van der Waals surface area (Å²) < 4.78 is 0. The summed E-state index contributed by atoms with van der Waals surface area (Å²) in [6.45, 7) is 12.3. The Balaban J connectivity index is 1.63. The zero-order valence-electron chi connectivity index (χ0n) is 11.6. The molecule has 0 aromatic carbocycles. The van der Waals surface area contributed by atoms with Gasteiger partial charge in [-0.1, -0.05) is 26.2 Å². The van der Waals surface area contributed by atoms with Gasteiger partial charge in [-0.05, 0) is 13.3 Å². The average Bonchev–Trinajstić information content (AvgIpc) is 2.28. The first kappa shape index (κ1) is 13.3. The van der Waals surface area contributed by atoms with Crippen molar-refractivity contribution in [1.82, 2.24) is 15.1 Å². The Kier molecular flexibility index (Phi) is 5.26. The molecule has 2 rings (SSSR count). The molecule has 0 bridgehead atoms. The van der Waals surface area contributed by atoms with Gasteiger partial charge in [0.1, 0.15) is 0 Å². The third kappa shape index (κ3) is 3.67. The first-order valence-corrected chi connectivity index (χ1v) is 7.50. The molecule has 1 unspecified atom stereocenters. The SMILES string of the molecule is CCCCCC(C)N1CCN(C2CNC2)CC1. The molecule has 2 heterocycles. The van der Waals surface area contributed by atoms with Crippen molar-refractivity contribution in [3.8, 4) is 0 Å². The quantitative estimate of drug-likeness (QED) is 0.710. The van der Waals surface area contributed by atoms with Crippen molar-refractivity contribution in [2.45, 2.75) is 51.6 Å². The van der Waals surface area contributed by atoms with Crippen LogP contribution >= 0.6 is 0 Å². The predicted molar refractivity (Wildman–Crippen MR) is 73.4 cm³/mol. The third-order valence-electron chi connectivity index (χ3n) is 4.47. The number of piperazine rings is 1. The molecule has 0 spiro atoms. The van der Waals surface area contributed by atoms with Crippen molar-refractivity contribution in [2.24, 2.45) is 0 Å². The molecule has 3 nitrogen and oxygen atoms in total. The van der Waals surface area contributed by atoms with E-state index in [4.69, 9.17) is 0 Å². The molecule has 3 heteroatoms. The molecule has 0 aromatic heterocycles. The number of rotatable bonds is 6. The van der Waals surface area contributed by atoms with Crippen LogP contribution in [0.3, 0.4) is 0 Å². The van der Waals surface area contributed by atoms with Crippen LogP contribution in [0.5, 0.6) is 0 Å². The van der Waals surface area contributed by atoms with E-state index in [1.54, 1.807) is 0 Å². The Morgan fingerprint density at radius 2 is 1.82 bits per heavy atom. The van der Waals surface area contributed by atoms with Gasteiger partial charge >= 0.3 is 0 Å². The molecule has 2 fully saturated rings. The van der Waals surface area contributed by atoms with Gasteiger partial charge in [0.15, 0.2) is 0 Å². The van der Waals surface area contributed by atoms with Crippen molar-refractivity contribution < 1.29 is 0 Å². The largest absolute Gasteiger partial charge is 0.314 e. The van der Waals surface area contributed by atoms with E-state index >= 15 is 0 Å². The molecular weight excluding hydrogens is 210 g/mol. The maximum Gasteiger partial charge on any atom is 0.0346 e. The van der Waals surface area contributed by atoms with E-state index in [0.29, 0.717) is 0 Å². The van der Waals surface area contributed by atoms with Crippen LogP contribution in [0.15, 0.2) is 0 Å². The minimum Gasteiger partial charge on any atom is -0.314 e. The highest BCUT2D eigenvalue weighted by molar-refractivity contribution is 4.88. The number of hydrogen-bond donors (Lipinski definition) is 1. The summed E-state index contributed by atoms with van der Waals surface area (Å²) in [6.07, 6.45) is 5.54. The molecule has 100 valence electrons. The van der Waals surface area contributed by atoms with E-state index in [1.165, 1.54) is 65.0 Å². The minimum absolute atomic E-state index is 0.795. The van der Waals surface area contributed by atoms with Crippen LogP contribution in [0.2, 0.25) is 0 Å². The van der Waals surface area contributed by atoms with Crippen molar-refractivity contribution in [2.75, 3.05) is 39.3 Å². The maximum atomic E-state index is 3.37. The molecule has 1 N–H and O–H groups in total. The maximum absolute atomic E-state index is 3.37. The number of nitrogens with one attached hydrogen (secondary N) is 1. The second-order valence-corrected chi connectivity index (χ2v) is 5.73. The molecule has 2 aliphatic heterocycles. The van der Waals surface area contributed by atoms with Crippen LogP contribution in [0.4, 0.5) is 0 Å². The van der Waals surface area contributed by atoms with Crippen LogP contribution in [-0.2, 0) is 0 Å². The summed E-state index contributed by atoms with van der Waals surface area (Å²) in [5.41, 5.74) is 0. The second-order valence-electron chi connectivity index (χ2n) is 5.73. The van der Waals surface area contributed by atoms with E-state index in [1.807, 2.05) is 0 Å². The van der Waals surface area contributed by atoms with Gasteiger partial charge in [0.25, 0.3) is 0 Å². The highest BCUT2D eigenvalue weighted by Crippen LogP contribution is 2.15. The zero-order chi connectivity index (χ0) is 12.1. The number of unbranched alkanes of at least 4 members (excludes halogenated alkanes) is 2. The fourth-order valence-electron chi connectivity index (χ4n) is 2.95. The Labute approximate surface area is 107 Å². The molecular formula is C14H29N3. The molecule has 2 aliphatic rings. The minimum atomic E-state index is 0.795. The molecule has 0 aromatic rings. The Hall–Kier alpha value is -0.120. The summed E-state index contributed by atoms with van der Waals surface area (Å²) in [5, 5.41) is 3.37. The van der Waals surface area contributed by atoms with Crippen LogP contribution in [0.1, 0.15) is 39.5 Å². The summed E-state index contributed by atoms with van der Waals surface area (Å²) >= 11 is 0. The van der Waals surface area contributed by atoms with Gasteiger partial charge in [-0.15, -0.1) is 0 Å². The molecule has 2 saturated heterocycles. The highest BCUT2D eigenvalue weighted by Gasteiger charge is 2.28. The summed E-state index contributed by atoms with van der Waals surface area (Å²) in [6, 6.07) is 1.63. The zero-order valence-corrected chi connectivity index (χ0v) is 11.6. The predicted octanol–water partition coefficient (Wildman–Crippen LogP) is 1.54. The smallest absolute Gasteiger partial charge is 0.0346 e. The average molecular weight is 239 g/mol. The summed E-state index contributed by atoms with van der Waals surface area (Å²) in [7, 11) is 0. The van der Waals surface area contributed by atoms with Crippen LogP contribution in [0, 0.1) is 0 Å². The van der Waals surface area contributed by atoms with Crippen molar-refractivity contribution in [3.63, 3.8) is 0 Å². The van der Waals surface area contributed by atoms with E-state index < -0.39 is 0 Å². The molecule has 1 atom stereocenters. The number of hydrogen-bond acceptors (Lipinski definition) is 3. The van der Waals surface area contributed by atoms with E-state index in [-0.39, 0.29) is 0 Å². The Bertz CT molecular complexity index is 208. The van der Waals surface area contributed by atoms with E-state index in [0.717, 1.165) is 12.1 Å². The molecule has 17 heavy (non-hydrogen) atoms. The van der Waals surface area contributed by atoms with Gasteiger partial charge in [0, 0.05) is 51.4 Å². The molecule has 0 aliphatic carbocycles. The van der Waals surface area contributed by atoms with Gasteiger partial charge in [-0.3, -0.25) is 9.80 Å². The lowest BCUT2D eigenvalue weighted by atomic mass is 10.1. The Morgan fingerprint density at radius 3 is 2.35 bits per heavy atom. The molecule has 0 saturated carbocycles. The van der Waals surface area contributed by atoms with E-state index in [9.17, 15) is 0 Å². The summed E-state index contributed by atoms with van der Waals surface area (Å²) in [4.78, 5) is 5.37. The highest BCUT2D eigenvalue weighted by atomic mass is 15.3. The fourth-order valence-corrected chi connectivity index (χ4v) is 2.95. The lowest BCUT2D eigenvalue weighted by Crippen LogP contribution is -2.62. The van der Waals surface area contributed by atoms with Crippen LogP contribution in [-0.4, -0.2) is 61.2 Å².